The maximum atomic E-state index is 12.8. The van der Waals surface area contributed by atoms with Crippen molar-refractivity contribution in [2.45, 2.75) is 6.92 Å². The van der Waals surface area contributed by atoms with E-state index in [1.807, 2.05) is 97.9 Å². The summed E-state index contributed by atoms with van der Waals surface area (Å²) in [5.41, 5.74) is 4.49. The Kier molecular flexibility index (Phi) is 4.87. The zero-order chi connectivity index (χ0) is 16.8. The minimum atomic E-state index is -0.117. The van der Waals surface area contributed by atoms with Gasteiger partial charge in [0.25, 0.3) is 5.91 Å². The molecule has 0 atom stereocenters. The maximum absolute atomic E-state index is 12.8. The average Bonchev–Trinajstić information content (AvgIpc) is 2.63. The third-order valence-electron chi connectivity index (χ3n) is 3.75. The summed E-state index contributed by atoms with van der Waals surface area (Å²) in [4.78, 5) is 12.8. The van der Waals surface area contributed by atoms with Crippen LogP contribution < -0.4 is 5.32 Å². The first-order chi connectivity index (χ1) is 11.7. The number of nitrogens with one attached hydrogen (secondary N) is 1. The van der Waals surface area contributed by atoms with Crippen molar-refractivity contribution in [3.63, 3.8) is 0 Å². The second kappa shape index (κ2) is 7.42. The standard InChI is InChI=1S/C22H19NO/c1-17-12-14-20(15-13-17)23-22(24)21(19-10-6-3-7-11-19)16-18-8-4-2-5-9-18/h2-16H,1H3,(H,23,24). The zero-order valence-electron chi connectivity index (χ0n) is 13.6. The Morgan fingerprint density at radius 2 is 1.38 bits per heavy atom. The van der Waals surface area contributed by atoms with Crippen LogP contribution in [0.15, 0.2) is 84.9 Å². The van der Waals surface area contributed by atoms with E-state index in [1.165, 1.54) is 0 Å². The lowest BCUT2D eigenvalue weighted by Crippen LogP contribution is -2.13. The first-order valence-electron chi connectivity index (χ1n) is 7.92. The van der Waals surface area contributed by atoms with Gasteiger partial charge in [0, 0.05) is 11.3 Å². The predicted octanol–water partition coefficient (Wildman–Crippen LogP) is 5.17. The Balaban J connectivity index is 1.94. The van der Waals surface area contributed by atoms with Crippen LogP contribution in [0, 0.1) is 6.92 Å². The first kappa shape index (κ1) is 15.8. The van der Waals surface area contributed by atoms with Gasteiger partial charge in [-0.1, -0.05) is 78.4 Å². The van der Waals surface area contributed by atoms with E-state index in [2.05, 4.69) is 5.32 Å². The molecule has 0 radical (unpaired) electrons. The van der Waals surface area contributed by atoms with Crippen LogP contribution >= 0.6 is 0 Å². The van der Waals surface area contributed by atoms with Crippen molar-refractivity contribution in [2.75, 3.05) is 5.32 Å². The molecule has 24 heavy (non-hydrogen) atoms. The van der Waals surface area contributed by atoms with Crippen LogP contribution in [0.3, 0.4) is 0 Å². The van der Waals surface area contributed by atoms with E-state index in [4.69, 9.17) is 0 Å². The van der Waals surface area contributed by atoms with Gasteiger partial charge >= 0.3 is 0 Å². The third-order valence-corrected chi connectivity index (χ3v) is 3.75. The largest absolute Gasteiger partial charge is 0.322 e. The van der Waals surface area contributed by atoms with Crippen molar-refractivity contribution < 1.29 is 4.79 Å². The van der Waals surface area contributed by atoms with Gasteiger partial charge in [0.05, 0.1) is 0 Å². The van der Waals surface area contributed by atoms with Crippen LogP contribution in [0.1, 0.15) is 16.7 Å². The molecule has 0 aromatic heterocycles. The highest BCUT2D eigenvalue weighted by Crippen LogP contribution is 2.21. The molecule has 2 nitrogen and oxygen atoms in total. The highest BCUT2D eigenvalue weighted by molar-refractivity contribution is 6.29. The Morgan fingerprint density at radius 3 is 2.00 bits per heavy atom. The van der Waals surface area contributed by atoms with Crippen molar-refractivity contribution in [3.8, 4) is 0 Å². The van der Waals surface area contributed by atoms with Gasteiger partial charge in [-0.05, 0) is 36.3 Å². The number of carbonyl (C=O) groups excluding carboxylic acids is 1. The Bertz CT molecular complexity index is 834. The topological polar surface area (TPSA) is 29.1 Å². The molecule has 2 heteroatoms. The molecule has 0 aliphatic rings. The summed E-state index contributed by atoms with van der Waals surface area (Å²) in [6, 6.07) is 27.4. The molecule has 0 fully saturated rings. The smallest absolute Gasteiger partial charge is 0.256 e. The zero-order valence-corrected chi connectivity index (χ0v) is 13.6. The molecule has 0 saturated carbocycles. The van der Waals surface area contributed by atoms with E-state index in [1.54, 1.807) is 0 Å². The molecule has 0 bridgehead atoms. The Morgan fingerprint density at radius 1 is 0.792 bits per heavy atom. The molecular formula is C22H19NO. The van der Waals surface area contributed by atoms with Crippen molar-refractivity contribution in [1.82, 2.24) is 0 Å². The van der Waals surface area contributed by atoms with Crippen LogP contribution in [-0.2, 0) is 4.79 Å². The van der Waals surface area contributed by atoms with Gasteiger partial charge in [-0.3, -0.25) is 4.79 Å². The fraction of sp³-hybridized carbons (Fsp3) is 0.0455. The summed E-state index contributed by atoms with van der Waals surface area (Å²) in [6.07, 6.45) is 1.92. The van der Waals surface area contributed by atoms with E-state index >= 15 is 0 Å². The number of benzene rings is 3. The molecule has 0 heterocycles. The van der Waals surface area contributed by atoms with Crippen LogP contribution in [0.4, 0.5) is 5.69 Å². The highest BCUT2D eigenvalue weighted by Gasteiger charge is 2.12. The van der Waals surface area contributed by atoms with Crippen LogP contribution in [0.5, 0.6) is 0 Å². The molecule has 0 aliphatic heterocycles. The van der Waals surface area contributed by atoms with Gasteiger partial charge in [0.1, 0.15) is 0 Å². The summed E-state index contributed by atoms with van der Waals surface area (Å²) in [6.45, 7) is 2.02. The number of hydrogen-bond acceptors (Lipinski definition) is 1. The number of carbonyl (C=O) groups is 1. The molecule has 0 aliphatic carbocycles. The first-order valence-corrected chi connectivity index (χ1v) is 7.92. The Hall–Kier alpha value is -3.13. The quantitative estimate of drug-likeness (QED) is 0.522. The fourth-order valence-corrected chi connectivity index (χ4v) is 2.45. The molecular weight excluding hydrogens is 294 g/mol. The lowest BCUT2D eigenvalue weighted by atomic mass is 10.0. The van der Waals surface area contributed by atoms with Crippen molar-refractivity contribution in [1.29, 1.82) is 0 Å². The second-order valence-electron chi connectivity index (χ2n) is 5.65. The minimum absolute atomic E-state index is 0.117. The summed E-state index contributed by atoms with van der Waals surface area (Å²) in [5.74, 6) is -0.117. The fourth-order valence-electron chi connectivity index (χ4n) is 2.45. The summed E-state index contributed by atoms with van der Waals surface area (Å²) in [5, 5.41) is 2.98. The van der Waals surface area contributed by atoms with Gasteiger partial charge in [0.2, 0.25) is 0 Å². The van der Waals surface area contributed by atoms with Crippen LogP contribution in [0.25, 0.3) is 11.6 Å². The number of anilines is 1. The predicted molar refractivity (Wildman–Crippen MR) is 101 cm³/mol. The third kappa shape index (κ3) is 3.99. The van der Waals surface area contributed by atoms with Gasteiger partial charge in [0.15, 0.2) is 0 Å². The lowest BCUT2D eigenvalue weighted by Gasteiger charge is -2.10. The molecule has 3 rings (SSSR count). The normalized spacial score (nSPS) is 11.1. The number of hydrogen-bond donors (Lipinski definition) is 1. The number of amides is 1. The van der Waals surface area contributed by atoms with E-state index in [9.17, 15) is 4.79 Å². The summed E-state index contributed by atoms with van der Waals surface area (Å²) < 4.78 is 0. The monoisotopic (exact) mass is 313 g/mol. The van der Waals surface area contributed by atoms with Crippen LogP contribution in [-0.4, -0.2) is 5.91 Å². The maximum Gasteiger partial charge on any atom is 0.256 e. The van der Waals surface area contributed by atoms with E-state index in [0.29, 0.717) is 5.57 Å². The summed E-state index contributed by atoms with van der Waals surface area (Å²) in [7, 11) is 0. The second-order valence-corrected chi connectivity index (χ2v) is 5.65. The molecule has 1 N–H and O–H groups in total. The van der Waals surface area contributed by atoms with Crippen LogP contribution in [0.2, 0.25) is 0 Å². The molecule has 1 amide bonds. The van der Waals surface area contributed by atoms with E-state index < -0.39 is 0 Å². The highest BCUT2D eigenvalue weighted by atomic mass is 16.1. The average molecular weight is 313 g/mol. The molecule has 0 unspecified atom stereocenters. The van der Waals surface area contributed by atoms with Crippen molar-refractivity contribution in [3.05, 3.63) is 102 Å². The molecule has 0 saturated heterocycles. The lowest BCUT2D eigenvalue weighted by molar-refractivity contribution is -0.111. The molecule has 3 aromatic carbocycles. The molecule has 118 valence electrons. The SMILES string of the molecule is Cc1ccc(NC(=O)C(=Cc2ccccc2)c2ccccc2)cc1. The molecule has 3 aromatic rings. The number of aryl methyl sites for hydroxylation is 1. The summed E-state index contributed by atoms with van der Waals surface area (Å²) >= 11 is 0. The van der Waals surface area contributed by atoms with Gasteiger partial charge in [-0.15, -0.1) is 0 Å². The molecule has 0 spiro atoms. The van der Waals surface area contributed by atoms with Gasteiger partial charge in [-0.2, -0.15) is 0 Å². The van der Waals surface area contributed by atoms with E-state index in [-0.39, 0.29) is 5.91 Å². The number of rotatable bonds is 4. The van der Waals surface area contributed by atoms with Crippen molar-refractivity contribution >= 4 is 23.2 Å². The van der Waals surface area contributed by atoms with Gasteiger partial charge in [-0.25, -0.2) is 0 Å². The Labute approximate surface area is 142 Å². The van der Waals surface area contributed by atoms with E-state index in [0.717, 1.165) is 22.4 Å². The van der Waals surface area contributed by atoms with Crippen molar-refractivity contribution in [2.24, 2.45) is 0 Å². The minimum Gasteiger partial charge on any atom is -0.322 e. The van der Waals surface area contributed by atoms with Gasteiger partial charge < -0.3 is 5.32 Å².